The Balaban J connectivity index is 2.13. The van der Waals surface area contributed by atoms with Gasteiger partial charge in [0.15, 0.2) is 16.8 Å². The quantitative estimate of drug-likeness (QED) is 0.817. The van der Waals surface area contributed by atoms with Crippen LogP contribution in [0.4, 0.5) is 14.5 Å². The van der Waals surface area contributed by atoms with Crippen LogP contribution in [-0.4, -0.2) is 16.5 Å². The second-order valence-electron chi connectivity index (χ2n) is 4.27. The largest absolute Gasteiger partial charge is 0.335 e. The lowest BCUT2D eigenvalue weighted by Crippen LogP contribution is -2.15. The molecular formula is C11H12F2N2S. The van der Waals surface area contributed by atoms with Gasteiger partial charge in [0.25, 0.3) is 0 Å². The minimum absolute atomic E-state index is 0.0917. The van der Waals surface area contributed by atoms with E-state index in [2.05, 4.69) is 10.3 Å². The Labute approximate surface area is 97.1 Å². The molecule has 1 N–H and O–H groups in total. The summed E-state index contributed by atoms with van der Waals surface area (Å²) in [6, 6.07) is 3.72. The van der Waals surface area contributed by atoms with Crippen molar-refractivity contribution in [1.29, 1.82) is 0 Å². The first kappa shape index (κ1) is 11.4. The second-order valence-corrected chi connectivity index (χ2v) is 5.24. The van der Waals surface area contributed by atoms with Crippen molar-refractivity contribution in [2.24, 2.45) is 4.99 Å². The number of benzene rings is 1. The second kappa shape index (κ2) is 4.05. The highest BCUT2D eigenvalue weighted by Gasteiger charge is 2.25. The van der Waals surface area contributed by atoms with Gasteiger partial charge >= 0.3 is 0 Å². The van der Waals surface area contributed by atoms with E-state index < -0.39 is 11.6 Å². The van der Waals surface area contributed by atoms with E-state index in [-0.39, 0.29) is 5.54 Å². The molecule has 1 aromatic carbocycles. The lowest BCUT2D eigenvalue weighted by molar-refractivity contribution is 0.509. The van der Waals surface area contributed by atoms with Gasteiger partial charge in [-0.2, -0.15) is 0 Å². The van der Waals surface area contributed by atoms with Gasteiger partial charge in [0, 0.05) is 17.5 Å². The van der Waals surface area contributed by atoms with E-state index >= 15 is 0 Å². The normalized spacial score (nSPS) is 18.4. The topological polar surface area (TPSA) is 24.4 Å². The lowest BCUT2D eigenvalue weighted by atomic mass is 10.1. The van der Waals surface area contributed by atoms with E-state index in [4.69, 9.17) is 0 Å². The summed E-state index contributed by atoms with van der Waals surface area (Å²) in [5, 5.41) is 3.72. The van der Waals surface area contributed by atoms with Gasteiger partial charge in [0.2, 0.25) is 0 Å². The first-order valence-corrected chi connectivity index (χ1v) is 5.90. The molecule has 0 saturated carbocycles. The molecule has 1 aromatic rings. The van der Waals surface area contributed by atoms with Gasteiger partial charge in [-0.05, 0) is 26.0 Å². The first-order valence-electron chi connectivity index (χ1n) is 4.91. The molecule has 86 valence electrons. The van der Waals surface area contributed by atoms with Crippen LogP contribution in [0.25, 0.3) is 0 Å². The zero-order valence-corrected chi connectivity index (χ0v) is 9.87. The third-order valence-electron chi connectivity index (χ3n) is 2.14. The molecule has 0 bridgehead atoms. The number of aliphatic imine (C=N–C) groups is 1. The summed E-state index contributed by atoms with van der Waals surface area (Å²) in [4.78, 5) is 4.42. The zero-order valence-electron chi connectivity index (χ0n) is 9.05. The van der Waals surface area contributed by atoms with Gasteiger partial charge in [-0.3, -0.25) is 4.99 Å². The predicted molar refractivity (Wildman–Crippen MR) is 64.0 cm³/mol. The number of anilines is 1. The molecule has 0 atom stereocenters. The van der Waals surface area contributed by atoms with Crippen LogP contribution < -0.4 is 5.32 Å². The van der Waals surface area contributed by atoms with Crippen molar-refractivity contribution >= 4 is 22.6 Å². The summed E-state index contributed by atoms with van der Waals surface area (Å²) in [5.74, 6) is -0.807. The van der Waals surface area contributed by atoms with E-state index in [1.807, 2.05) is 13.8 Å². The van der Waals surface area contributed by atoms with Crippen molar-refractivity contribution in [3.8, 4) is 0 Å². The maximum absolute atomic E-state index is 12.9. The number of nitrogens with zero attached hydrogens (tertiary/aromatic N) is 1. The molecule has 0 aromatic heterocycles. The average molecular weight is 242 g/mol. The van der Waals surface area contributed by atoms with Crippen LogP contribution in [0, 0.1) is 11.6 Å². The van der Waals surface area contributed by atoms with Crippen LogP contribution in [0.1, 0.15) is 13.8 Å². The summed E-state index contributed by atoms with van der Waals surface area (Å²) >= 11 is 1.58. The van der Waals surface area contributed by atoms with Gasteiger partial charge in [0.1, 0.15) is 0 Å². The molecule has 0 spiro atoms. The van der Waals surface area contributed by atoms with Gasteiger partial charge < -0.3 is 5.32 Å². The molecule has 5 heteroatoms. The minimum Gasteiger partial charge on any atom is -0.335 e. The molecule has 0 fully saturated rings. The molecule has 1 aliphatic rings. The van der Waals surface area contributed by atoms with Crippen molar-refractivity contribution < 1.29 is 8.78 Å². The third kappa shape index (κ3) is 2.52. The Morgan fingerprint density at radius 2 is 2.06 bits per heavy atom. The Morgan fingerprint density at radius 3 is 2.62 bits per heavy atom. The highest BCUT2D eigenvalue weighted by molar-refractivity contribution is 8.14. The summed E-state index contributed by atoms with van der Waals surface area (Å²) in [7, 11) is 0. The van der Waals surface area contributed by atoms with Crippen LogP contribution in [0.5, 0.6) is 0 Å². The molecule has 0 saturated heterocycles. The highest BCUT2D eigenvalue weighted by Crippen LogP contribution is 2.27. The summed E-state index contributed by atoms with van der Waals surface area (Å²) < 4.78 is 25.6. The van der Waals surface area contributed by atoms with Gasteiger partial charge in [-0.1, -0.05) is 11.8 Å². The number of rotatable bonds is 1. The van der Waals surface area contributed by atoms with Crippen molar-refractivity contribution in [1.82, 2.24) is 0 Å². The molecule has 0 unspecified atom stereocenters. The molecule has 1 aliphatic heterocycles. The van der Waals surface area contributed by atoms with Crippen molar-refractivity contribution in [3.05, 3.63) is 29.8 Å². The van der Waals surface area contributed by atoms with E-state index in [9.17, 15) is 8.78 Å². The molecular weight excluding hydrogens is 230 g/mol. The van der Waals surface area contributed by atoms with E-state index in [1.54, 1.807) is 11.8 Å². The monoisotopic (exact) mass is 242 g/mol. The van der Waals surface area contributed by atoms with Crippen LogP contribution >= 0.6 is 11.8 Å². The van der Waals surface area contributed by atoms with Crippen molar-refractivity contribution in [3.63, 3.8) is 0 Å². The zero-order chi connectivity index (χ0) is 11.8. The van der Waals surface area contributed by atoms with E-state index in [0.29, 0.717) is 5.69 Å². The summed E-state index contributed by atoms with van der Waals surface area (Å²) in [5.41, 5.74) is 0.425. The Hall–Kier alpha value is -1.10. The summed E-state index contributed by atoms with van der Waals surface area (Å²) in [6.45, 7) is 4.06. The SMILES string of the molecule is CC1(C)CSC(Nc2ccc(F)c(F)c2)=N1. The van der Waals surface area contributed by atoms with Crippen molar-refractivity contribution in [2.45, 2.75) is 19.4 Å². The highest BCUT2D eigenvalue weighted by atomic mass is 32.2. The van der Waals surface area contributed by atoms with E-state index in [1.165, 1.54) is 6.07 Å². The average Bonchev–Trinajstić information content (AvgIpc) is 2.52. The molecule has 16 heavy (non-hydrogen) atoms. The minimum atomic E-state index is -0.854. The molecule has 2 rings (SSSR count). The van der Waals surface area contributed by atoms with Gasteiger partial charge in [-0.25, -0.2) is 8.78 Å². The Morgan fingerprint density at radius 1 is 1.31 bits per heavy atom. The number of halogens is 2. The number of amidine groups is 1. The smallest absolute Gasteiger partial charge is 0.161 e. The Bertz CT molecular complexity index is 444. The summed E-state index contributed by atoms with van der Waals surface area (Å²) in [6.07, 6.45) is 0. The molecule has 0 amide bonds. The maximum Gasteiger partial charge on any atom is 0.161 e. The fourth-order valence-electron chi connectivity index (χ4n) is 1.35. The molecule has 0 aliphatic carbocycles. The fourth-order valence-corrected chi connectivity index (χ4v) is 2.40. The number of hydrogen-bond acceptors (Lipinski definition) is 3. The third-order valence-corrected chi connectivity index (χ3v) is 3.45. The number of nitrogens with one attached hydrogen (secondary N) is 1. The van der Waals surface area contributed by atoms with Gasteiger partial charge in [-0.15, -0.1) is 0 Å². The molecule has 0 radical (unpaired) electrons. The van der Waals surface area contributed by atoms with Crippen LogP contribution in [0.3, 0.4) is 0 Å². The first-order chi connectivity index (χ1) is 7.46. The number of thioether (sulfide) groups is 1. The standard InChI is InChI=1S/C11H12F2N2S/c1-11(2)6-16-10(15-11)14-7-3-4-8(12)9(13)5-7/h3-5H,6H2,1-2H3,(H,14,15). The molecule has 2 nitrogen and oxygen atoms in total. The van der Waals surface area contributed by atoms with Gasteiger partial charge in [0.05, 0.1) is 5.54 Å². The molecule has 1 heterocycles. The maximum atomic E-state index is 12.9. The predicted octanol–water partition coefficient (Wildman–Crippen LogP) is 3.26. The lowest BCUT2D eigenvalue weighted by Gasteiger charge is -2.09. The van der Waals surface area contributed by atoms with E-state index in [0.717, 1.165) is 23.1 Å². The van der Waals surface area contributed by atoms with Crippen molar-refractivity contribution in [2.75, 3.05) is 11.1 Å². The number of hydrogen-bond donors (Lipinski definition) is 1. The van der Waals surface area contributed by atoms with Crippen LogP contribution in [0.2, 0.25) is 0 Å². The van der Waals surface area contributed by atoms with Crippen LogP contribution in [-0.2, 0) is 0 Å². The fraction of sp³-hybridized carbons (Fsp3) is 0.364. The Kier molecular flexibility index (Phi) is 2.88. The van der Waals surface area contributed by atoms with Crippen LogP contribution in [0.15, 0.2) is 23.2 Å².